The van der Waals surface area contributed by atoms with Gasteiger partial charge in [0.25, 0.3) is 5.91 Å². The number of carbonyl (C=O) groups is 1. The van der Waals surface area contributed by atoms with Gasteiger partial charge < -0.3 is 9.73 Å². The summed E-state index contributed by atoms with van der Waals surface area (Å²) in [6.45, 7) is 3.89. The molecule has 0 saturated carbocycles. The van der Waals surface area contributed by atoms with E-state index in [4.69, 9.17) is 16.0 Å². The molecule has 0 unspecified atom stereocenters. The number of carbonyl (C=O) groups excluding carboxylic acids is 1. The highest BCUT2D eigenvalue weighted by atomic mass is 35.5. The van der Waals surface area contributed by atoms with Gasteiger partial charge in [-0.15, -0.1) is 11.6 Å². The lowest BCUT2D eigenvalue weighted by molar-refractivity contribution is 0.0995. The first-order valence-electron chi connectivity index (χ1n) is 6.19. The van der Waals surface area contributed by atoms with Gasteiger partial charge in [0.2, 0.25) is 0 Å². The van der Waals surface area contributed by atoms with Gasteiger partial charge in [-0.3, -0.25) is 4.79 Å². The summed E-state index contributed by atoms with van der Waals surface area (Å²) in [7, 11) is 0. The fourth-order valence-electron chi connectivity index (χ4n) is 1.78. The third kappa shape index (κ3) is 3.18. The smallest absolute Gasteiger partial charge is 0.291 e. The van der Waals surface area contributed by atoms with Crippen LogP contribution in [0.25, 0.3) is 0 Å². The van der Waals surface area contributed by atoms with E-state index in [-0.39, 0.29) is 11.7 Å². The van der Waals surface area contributed by atoms with E-state index >= 15 is 0 Å². The summed E-state index contributed by atoms with van der Waals surface area (Å²) in [5.41, 5.74) is 2.83. The Morgan fingerprint density at radius 3 is 2.53 bits per heavy atom. The van der Waals surface area contributed by atoms with Crippen molar-refractivity contribution < 1.29 is 9.21 Å². The van der Waals surface area contributed by atoms with Gasteiger partial charge in [0.15, 0.2) is 5.76 Å². The van der Waals surface area contributed by atoms with Crippen molar-refractivity contribution in [1.82, 2.24) is 0 Å². The Hall–Kier alpha value is -1.74. The van der Waals surface area contributed by atoms with Crippen LogP contribution < -0.4 is 5.32 Å². The molecular weight excluding hydrogens is 262 g/mol. The van der Waals surface area contributed by atoms with Crippen LogP contribution in [-0.2, 0) is 12.3 Å². The lowest BCUT2D eigenvalue weighted by Crippen LogP contribution is -2.10. The lowest BCUT2D eigenvalue weighted by atomic mass is 10.1. The Labute approximate surface area is 117 Å². The first kappa shape index (κ1) is 13.7. The van der Waals surface area contributed by atoms with Crippen molar-refractivity contribution in [1.29, 1.82) is 0 Å². The van der Waals surface area contributed by atoms with Crippen LogP contribution in [-0.4, -0.2) is 5.91 Å². The summed E-state index contributed by atoms with van der Waals surface area (Å²) in [6.07, 6.45) is 0.977. The molecule has 1 heterocycles. The molecular formula is C15H16ClNO2. The summed E-state index contributed by atoms with van der Waals surface area (Å²) in [6, 6.07) is 9.43. The zero-order valence-electron chi connectivity index (χ0n) is 11.0. The van der Waals surface area contributed by atoms with E-state index < -0.39 is 0 Å². The second-order valence-corrected chi connectivity index (χ2v) is 4.60. The predicted octanol–water partition coefficient (Wildman–Crippen LogP) is 4.14. The fraction of sp³-hybridized carbons (Fsp3) is 0.267. The number of aryl methyl sites for hydroxylation is 2. The molecule has 0 aliphatic carbocycles. The Morgan fingerprint density at radius 2 is 2.00 bits per heavy atom. The second kappa shape index (κ2) is 5.93. The molecule has 0 aliphatic heterocycles. The van der Waals surface area contributed by atoms with Crippen molar-refractivity contribution in [3.63, 3.8) is 0 Å². The predicted molar refractivity (Wildman–Crippen MR) is 76.8 cm³/mol. The summed E-state index contributed by atoms with van der Waals surface area (Å²) in [5.74, 6) is 1.05. The first-order chi connectivity index (χ1) is 9.13. The number of hydrogen-bond donors (Lipinski definition) is 1. The molecule has 0 atom stereocenters. The van der Waals surface area contributed by atoms with Crippen molar-refractivity contribution in [2.24, 2.45) is 0 Å². The van der Waals surface area contributed by atoms with Crippen LogP contribution in [0, 0.1) is 6.92 Å². The number of alkyl halides is 1. The Bertz CT molecular complexity index is 572. The number of hydrogen-bond acceptors (Lipinski definition) is 2. The zero-order chi connectivity index (χ0) is 13.8. The van der Waals surface area contributed by atoms with Gasteiger partial charge in [0.1, 0.15) is 5.76 Å². The normalized spacial score (nSPS) is 10.5. The Balaban J connectivity index is 2.11. The van der Waals surface area contributed by atoms with E-state index in [2.05, 4.69) is 12.2 Å². The number of halogens is 1. The summed E-state index contributed by atoms with van der Waals surface area (Å²) in [5, 5.41) is 2.80. The zero-order valence-corrected chi connectivity index (χ0v) is 11.8. The minimum absolute atomic E-state index is 0.260. The van der Waals surface area contributed by atoms with Crippen LogP contribution in [0.1, 0.15) is 34.4 Å². The van der Waals surface area contributed by atoms with Crippen LogP contribution in [0.15, 0.2) is 34.7 Å². The SMILES string of the molecule is CCc1ccc(NC(=O)c2cc(CCl)c(C)o2)cc1. The summed E-state index contributed by atoms with van der Waals surface area (Å²) < 4.78 is 5.39. The van der Waals surface area contributed by atoms with E-state index in [9.17, 15) is 4.79 Å². The van der Waals surface area contributed by atoms with Gasteiger partial charge in [-0.2, -0.15) is 0 Å². The summed E-state index contributed by atoms with van der Waals surface area (Å²) >= 11 is 5.75. The second-order valence-electron chi connectivity index (χ2n) is 4.33. The molecule has 2 rings (SSSR count). The molecule has 1 amide bonds. The van der Waals surface area contributed by atoms with E-state index in [1.807, 2.05) is 24.3 Å². The third-order valence-electron chi connectivity index (χ3n) is 3.01. The quantitative estimate of drug-likeness (QED) is 0.854. The number of amides is 1. The van der Waals surface area contributed by atoms with Gasteiger partial charge in [-0.25, -0.2) is 0 Å². The van der Waals surface area contributed by atoms with Crippen LogP contribution in [0.2, 0.25) is 0 Å². The minimum atomic E-state index is -0.260. The van der Waals surface area contributed by atoms with Crippen LogP contribution in [0.3, 0.4) is 0 Å². The van der Waals surface area contributed by atoms with Gasteiger partial charge in [0, 0.05) is 11.3 Å². The molecule has 4 heteroatoms. The maximum atomic E-state index is 12.0. The van der Waals surface area contributed by atoms with Crippen LogP contribution >= 0.6 is 11.6 Å². The topological polar surface area (TPSA) is 42.2 Å². The van der Waals surface area contributed by atoms with Crippen LogP contribution in [0.4, 0.5) is 5.69 Å². The molecule has 0 radical (unpaired) electrons. The molecule has 2 aromatic rings. The largest absolute Gasteiger partial charge is 0.456 e. The summed E-state index contributed by atoms with van der Waals surface area (Å²) in [4.78, 5) is 12.0. The Morgan fingerprint density at radius 1 is 1.32 bits per heavy atom. The average molecular weight is 278 g/mol. The minimum Gasteiger partial charge on any atom is -0.456 e. The van der Waals surface area contributed by atoms with E-state index in [1.54, 1.807) is 13.0 Å². The van der Waals surface area contributed by atoms with E-state index in [1.165, 1.54) is 5.56 Å². The van der Waals surface area contributed by atoms with Crippen molar-refractivity contribution in [2.45, 2.75) is 26.1 Å². The average Bonchev–Trinajstić information content (AvgIpc) is 2.81. The monoisotopic (exact) mass is 277 g/mol. The van der Waals surface area contributed by atoms with E-state index in [0.717, 1.165) is 17.7 Å². The van der Waals surface area contributed by atoms with Crippen molar-refractivity contribution in [3.8, 4) is 0 Å². The molecule has 1 aromatic carbocycles. The molecule has 0 fully saturated rings. The highest BCUT2D eigenvalue weighted by Gasteiger charge is 2.14. The first-order valence-corrected chi connectivity index (χ1v) is 6.73. The molecule has 0 bridgehead atoms. The molecule has 0 aliphatic rings. The molecule has 3 nitrogen and oxygen atoms in total. The highest BCUT2D eigenvalue weighted by Crippen LogP contribution is 2.18. The van der Waals surface area contributed by atoms with Gasteiger partial charge in [-0.05, 0) is 37.1 Å². The number of anilines is 1. The number of nitrogens with one attached hydrogen (secondary N) is 1. The van der Waals surface area contributed by atoms with E-state index in [0.29, 0.717) is 11.6 Å². The maximum absolute atomic E-state index is 12.0. The standard InChI is InChI=1S/C15H16ClNO2/c1-3-11-4-6-13(7-5-11)17-15(18)14-8-12(9-16)10(2)19-14/h4-8H,3,9H2,1-2H3,(H,17,18). The molecule has 0 saturated heterocycles. The van der Waals surface area contributed by atoms with Gasteiger partial charge >= 0.3 is 0 Å². The number of benzene rings is 1. The Kier molecular flexibility index (Phi) is 4.27. The molecule has 0 spiro atoms. The molecule has 1 aromatic heterocycles. The third-order valence-corrected chi connectivity index (χ3v) is 3.30. The van der Waals surface area contributed by atoms with Crippen molar-refractivity contribution in [3.05, 3.63) is 53.0 Å². The molecule has 1 N–H and O–H groups in total. The number of rotatable bonds is 4. The van der Waals surface area contributed by atoms with Gasteiger partial charge in [0.05, 0.1) is 5.88 Å². The molecule has 100 valence electrons. The van der Waals surface area contributed by atoms with Crippen LogP contribution in [0.5, 0.6) is 0 Å². The molecule has 19 heavy (non-hydrogen) atoms. The lowest BCUT2D eigenvalue weighted by Gasteiger charge is -2.04. The highest BCUT2D eigenvalue weighted by molar-refractivity contribution is 6.17. The van der Waals surface area contributed by atoms with Gasteiger partial charge in [-0.1, -0.05) is 19.1 Å². The maximum Gasteiger partial charge on any atom is 0.291 e. The van der Waals surface area contributed by atoms with Crippen molar-refractivity contribution in [2.75, 3.05) is 5.32 Å². The fourth-order valence-corrected chi connectivity index (χ4v) is 2.05. The van der Waals surface area contributed by atoms with Crippen molar-refractivity contribution >= 4 is 23.2 Å². The number of furan rings is 1.